The Labute approximate surface area is 499 Å². The van der Waals surface area contributed by atoms with Crippen molar-refractivity contribution in [3.05, 3.63) is 34.9 Å². The predicted octanol–water partition coefficient (Wildman–Crippen LogP) is 0.758. The van der Waals surface area contributed by atoms with Gasteiger partial charge in [0.25, 0.3) is 11.8 Å². The van der Waals surface area contributed by atoms with Crippen LogP contribution in [0.3, 0.4) is 0 Å². The first-order valence-corrected chi connectivity index (χ1v) is 31.3. The Morgan fingerprint density at radius 1 is 0.512 bits per heavy atom. The summed E-state index contributed by atoms with van der Waals surface area (Å²) < 4.78 is 33.4. The van der Waals surface area contributed by atoms with Crippen molar-refractivity contribution in [3.8, 4) is 0 Å². The number of aliphatic carboxylic acids is 2. The van der Waals surface area contributed by atoms with Gasteiger partial charge in [-0.1, -0.05) is 12.8 Å². The summed E-state index contributed by atoms with van der Waals surface area (Å²) in [7, 11) is 0. The van der Waals surface area contributed by atoms with Crippen LogP contribution in [0, 0.1) is 6.92 Å². The highest BCUT2D eigenvalue weighted by Crippen LogP contribution is 2.34. The number of hydrogen-bond acceptors (Lipinski definition) is 18. The number of carbonyl (C=O) groups is 9. The van der Waals surface area contributed by atoms with Crippen molar-refractivity contribution in [1.82, 2.24) is 53.2 Å². The van der Waals surface area contributed by atoms with Crippen molar-refractivity contribution < 1.29 is 81.8 Å². The van der Waals surface area contributed by atoms with E-state index in [0.717, 1.165) is 42.8 Å². The number of unbranched alkanes of at least 4 members (excludes halogenated alkanes) is 2. The van der Waals surface area contributed by atoms with Crippen LogP contribution in [0.15, 0.2) is 18.2 Å². The van der Waals surface area contributed by atoms with E-state index >= 15 is 0 Å². The van der Waals surface area contributed by atoms with E-state index in [9.17, 15) is 53.4 Å². The quantitative estimate of drug-likeness (QED) is 0.0243. The normalized spacial score (nSPS) is 20.1. The molecule has 4 saturated heterocycles. The molecule has 8 unspecified atom stereocenters. The SMILES string of the molecule is Cc1cc(C(=O)NCCCOCCOCCOCCCNC(=O)CC(NC(=O)CCCCC2SCC3NC(=O)NC32)C(=O)O)cc(C(=O)NCCCOCCOCCOCCCNC(NC(=O)CCCCC2SCC3NC(=O)NC32)C(=O)O)c1. The third kappa shape index (κ3) is 27.2. The van der Waals surface area contributed by atoms with Crippen LogP contribution in [0.4, 0.5) is 9.59 Å². The van der Waals surface area contributed by atoms with Gasteiger partial charge in [-0.2, -0.15) is 23.5 Å². The summed E-state index contributed by atoms with van der Waals surface area (Å²) in [5.74, 6) is -2.58. The van der Waals surface area contributed by atoms with Gasteiger partial charge in [-0.25, -0.2) is 19.2 Å². The van der Waals surface area contributed by atoms with Crippen LogP contribution in [-0.4, -0.2) is 228 Å². The number of rotatable bonds is 47. The third-order valence-electron chi connectivity index (χ3n) is 13.9. The van der Waals surface area contributed by atoms with E-state index < -0.39 is 36.0 Å². The zero-order valence-electron chi connectivity index (χ0n) is 48.1. The molecule has 9 amide bonds. The number of amides is 9. The van der Waals surface area contributed by atoms with Crippen molar-refractivity contribution in [3.63, 3.8) is 0 Å². The minimum Gasteiger partial charge on any atom is -0.480 e. The second-order valence-electron chi connectivity index (χ2n) is 20.7. The van der Waals surface area contributed by atoms with Crippen molar-refractivity contribution >= 4 is 77.1 Å². The Bertz CT molecular complexity index is 2260. The molecule has 84 heavy (non-hydrogen) atoms. The fraction of sp³-hybridized carbons (Fsp3) is 0.727. The molecule has 0 saturated carbocycles. The zero-order valence-corrected chi connectivity index (χ0v) is 49.7. The third-order valence-corrected chi connectivity index (χ3v) is 16.9. The maximum Gasteiger partial charge on any atom is 0.341 e. The first-order valence-electron chi connectivity index (χ1n) is 29.2. The highest BCUT2D eigenvalue weighted by atomic mass is 32.2. The van der Waals surface area contributed by atoms with Gasteiger partial charge in [0.05, 0.1) is 83.4 Å². The number of fused-ring (bicyclic) bond motifs is 2. The lowest BCUT2D eigenvalue weighted by atomic mass is 10.0. The number of carboxylic acids is 2. The molecule has 29 heteroatoms. The predicted molar refractivity (Wildman–Crippen MR) is 312 cm³/mol. The first-order chi connectivity index (χ1) is 40.7. The Hall–Kier alpha value is -5.53. The van der Waals surface area contributed by atoms with Crippen LogP contribution in [0.5, 0.6) is 0 Å². The Balaban J connectivity index is 0.752. The van der Waals surface area contributed by atoms with Crippen LogP contribution in [0.2, 0.25) is 0 Å². The summed E-state index contributed by atoms with van der Waals surface area (Å²) in [6.07, 6.45) is 5.43. The molecule has 4 fully saturated rings. The van der Waals surface area contributed by atoms with Gasteiger partial charge in [0.15, 0.2) is 6.17 Å². The first kappa shape index (κ1) is 69.2. The van der Waals surface area contributed by atoms with Crippen LogP contribution < -0.4 is 53.2 Å². The monoisotopic (exact) mass is 1220 g/mol. The summed E-state index contributed by atoms with van der Waals surface area (Å²) in [4.78, 5) is 109. The molecule has 0 spiro atoms. The topological polar surface area (TPSA) is 370 Å². The van der Waals surface area contributed by atoms with E-state index in [0.29, 0.717) is 154 Å². The van der Waals surface area contributed by atoms with Crippen LogP contribution in [-0.2, 0) is 52.4 Å². The average Bonchev–Trinajstić information content (AvgIpc) is 4.41. The lowest BCUT2D eigenvalue weighted by molar-refractivity contribution is -0.143. The Morgan fingerprint density at radius 2 is 0.929 bits per heavy atom. The molecule has 1 aromatic rings. The van der Waals surface area contributed by atoms with Gasteiger partial charge >= 0.3 is 24.0 Å². The minimum absolute atomic E-state index is 0.0911. The molecule has 5 rings (SSSR count). The highest BCUT2D eigenvalue weighted by molar-refractivity contribution is 8.00. The summed E-state index contributed by atoms with van der Waals surface area (Å²) in [6.45, 7) is 7.51. The number of ether oxygens (including phenoxy) is 6. The van der Waals surface area contributed by atoms with E-state index in [1.165, 1.54) is 0 Å². The summed E-state index contributed by atoms with van der Waals surface area (Å²) in [5.41, 5.74) is 1.51. The van der Waals surface area contributed by atoms with E-state index in [1.807, 2.05) is 18.7 Å². The molecular weight excluding hydrogens is 1140 g/mol. The Morgan fingerprint density at radius 3 is 1.37 bits per heavy atom. The van der Waals surface area contributed by atoms with Crippen molar-refractivity contribution in [2.24, 2.45) is 0 Å². The van der Waals surface area contributed by atoms with Gasteiger partial charge in [-0.15, -0.1) is 0 Å². The van der Waals surface area contributed by atoms with E-state index in [1.54, 1.807) is 30.0 Å². The molecule has 4 heterocycles. The molecule has 0 bridgehead atoms. The minimum atomic E-state index is -1.33. The van der Waals surface area contributed by atoms with Gasteiger partial charge in [-0.05, 0) is 88.6 Å². The largest absolute Gasteiger partial charge is 0.480 e. The fourth-order valence-electron chi connectivity index (χ4n) is 9.61. The van der Waals surface area contributed by atoms with Crippen molar-refractivity contribution in [1.29, 1.82) is 0 Å². The molecule has 12 N–H and O–H groups in total. The number of carboxylic acid groups (broad SMARTS) is 2. The Kier molecular flexibility index (Phi) is 32.9. The second kappa shape index (κ2) is 40.0. The van der Waals surface area contributed by atoms with E-state index in [4.69, 9.17) is 28.4 Å². The molecule has 4 aliphatic heterocycles. The zero-order chi connectivity index (χ0) is 60.3. The maximum atomic E-state index is 12.9. The molecule has 27 nitrogen and oxygen atoms in total. The van der Waals surface area contributed by atoms with E-state index in [2.05, 4.69) is 53.2 Å². The van der Waals surface area contributed by atoms with Crippen molar-refractivity contribution in [2.75, 3.05) is 117 Å². The highest BCUT2D eigenvalue weighted by Gasteiger charge is 2.43. The number of thioether (sulfide) groups is 2. The number of carbonyl (C=O) groups excluding carboxylic acids is 7. The number of urea groups is 2. The van der Waals surface area contributed by atoms with Gasteiger partial charge in [0.2, 0.25) is 17.7 Å². The molecular formula is C55H88N10O17S2. The van der Waals surface area contributed by atoms with Gasteiger partial charge in [-0.3, -0.25) is 29.3 Å². The maximum absolute atomic E-state index is 12.9. The molecule has 0 radical (unpaired) electrons. The molecule has 4 aliphatic rings. The van der Waals surface area contributed by atoms with Crippen LogP contribution >= 0.6 is 23.5 Å². The van der Waals surface area contributed by atoms with Crippen LogP contribution in [0.1, 0.15) is 110 Å². The van der Waals surface area contributed by atoms with Crippen LogP contribution in [0.25, 0.3) is 0 Å². The summed E-state index contributed by atoms with van der Waals surface area (Å²) in [6, 6.07) is 3.89. The number of nitrogens with one attached hydrogen (secondary N) is 10. The molecule has 472 valence electrons. The summed E-state index contributed by atoms with van der Waals surface area (Å²) in [5, 5.41) is 47.6. The molecule has 0 aromatic heterocycles. The standard InChI is InChI=1S/C55H88N10O17S2/c1-36-30-37(50(69)58-16-8-20-79-24-28-81-26-22-77-18-6-14-56-46(68)33-39(52(71)72)60-44(66)12-4-2-10-42-47-40(34-83-42)61-54(75)64-47)32-38(31-36)51(70)59-17-9-21-80-25-29-82-27-23-78-19-7-15-57-49(53(73)74)63-45(67)13-5-3-11-43-48-41(35-84-43)62-55(76)65-48/h30-32,39-43,47-49,57H,2-29,33-35H2,1H3,(H,56,68)(H,58,69)(H,59,70)(H,60,66)(H,63,67)(H,71,72)(H,73,74)(H2,61,64,75)(H2,62,65,76). The molecule has 1 aromatic carbocycles. The lowest BCUT2D eigenvalue weighted by Crippen LogP contribution is -2.51. The number of hydrogen-bond donors (Lipinski definition) is 12. The fourth-order valence-corrected chi connectivity index (χ4v) is 12.7. The molecule has 8 atom stereocenters. The average molecular weight is 1230 g/mol. The lowest BCUT2D eigenvalue weighted by Gasteiger charge is -2.17. The van der Waals surface area contributed by atoms with Gasteiger partial charge in [0, 0.05) is 92.0 Å². The number of aryl methyl sites for hydroxylation is 1. The van der Waals surface area contributed by atoms with Gasteiger partial charge in [0.1, 0.15) is 6.04 Å². The number of benzene rings is 1. The summed E-state index contributed by atoms with van der Waals surface area (Å²) >= 11 is 3.61. The smallest absolute Gasteiger partial charge is 0.341 e. The second-order valence-corrected chi connectivity index (χ2v) is 23.3. The van der Waals surface area contributed by atoms with E-state index in [-0.39, 0.29) is 85.0 Å². The molecule has 0 aliphatic carbocycles. The van der Waals surface area contributed by atoms with Crippen molar-refractivity contribution in [2.45, 2.75) is 137 Å². The van der Waals surface area contributed by atoms with Gasteiger partial charge < -0.3 is 86.5 Å².